The predicted molar refractivity (Wildman–Crippen MR) is 193 cm³/mol. The lowest BCUT2D eigenvalue weighted by atomic mass is 10.2. The van der Waals surface area contributed by atoms with E-state index in [1.165, 1.54) is 42.8 Å². The first kappa shape index (κ1) is 44.1. The van der Waals surface area contributed by atoms with E-state index in [1.54, 1.807) is 30.3 Å². The van der Waals surface area contributed by atoms with Gasteiger partial charge in [0.1, 0.15) is 11.6 Å². The summed E-state index contributed by atoms with van der Waals surface area (Å²) >= 11 is 0. The van der Waals surface area contributed by atoms with Crippen molar-refractivity contribution >= 4 is 6.41 Å². The number of benzene rings is 2. The van der Waals surface area contributed by atoms with Gasteiger partial charge in [0.05, 0.1) is 0 Å². The second kappa shape index (κ2) is 28.4. The fourth-order valence-corrected chi connectivity index (χ4v) is 3.58. The summed E-state index contributed by atoms with van der Waals surface area (Å²) in [7, 11) is 2.13. The number of nitrogens with one attached hydrogen (secondary N) is 1. The molecule has 0 saturated heterocycles. The third-order valence-corrected chi connectivity index (χ3v) is 5.98. The average Bonchev–Trinajstić information content (AvgIpc) is 3.48. The van der Waals surface area contributed by atoms with E-state index in [0.29, 0.717) is 18.1 Å². The number of halogens is 2. The molecule has 1 amide bonds. The Kier molecular flexibility index (Phi) is 27.2. The molecule has 0 saturated carbocycles. The van der Waals surface area contributed by atoms with E-state index in [9.17, 15) is 13.6 Å². The zero-order valence-corrected chi connectivity index (χ0v) is 29.9. The second-order valence-electron chi connectivity index (χ2n) is 10.2. The smallest absolute Gasteiger partial charge is 0.207 e. The van der Waals surface area contributed by atoms with E-state index in [2.05, 4.69) is 67.4 Å². The summed E-state index contributed by atoms with van der Waals surface area (Å²) < 4.78 is 28.0. The molecule has 0 bridgehead atoms. The summed E-state index contributed by atoms with van der Waals surface area (Å²) in [5.41, 5.74) is 3.99. The maximum Gasteiger partial charge on any atom is 0.207 e. The van der Waals surface area contributed by atoms with Gasteiger partial charge in [-0.2, -0.15) is 5.10 Å². The fourth-order valence-electron chi connectivity index (χ4n) is 3.58. The van der Waals surface area contributed by atoms with Crippen LogP contribution in [0.25, 0.3) is 22.8 Å². The largest absolute Gasteiger partial charge is 0.378 e. The number of unbranched alkanes of at least 4 members (excludes halogenated alkanes) is 2. The summed E-state index contributed by atoms with van der Waals surface area (Å²) in [6.07, 6.45) is 10.1. The number of hydrogen-bond donors (Lipinski definition) is 1. The minimum Gasteiger partial charge on any atom is -0.378 e. The molecule has 8 heteroatoms. The van der Waals surface area contributed by atoms with Gasteiger partial charge < -0.3 is 10.2 Å². The maximum absolute atomic E-state index is 13.1. The number of carbonyl (C=O) groups is 1. The van der Waals surface area contributed by atoms with Gasteiger partial charge in [0.2, 0.25) is 6.41 Å². The molecule has 46 heavy (non-hydrogen) atoms. The van der Waals surface area contributed by atoms with Crippen LogP contribution >= 0.6 is 0 Å². The third-order valence-electron chi connectivity index (χ3n) is 5.98. The van der Waals surface area contributed by atoms with Crippen molar-refractivity contribution in [3.63, 3.8) is 0 Å². The first-order valence-corrected chi connectivity index (χ1v) is 16.3. The zero-order chi connectivity index (χ0) is 35.3. The Bertz CT molecular complexity index is 1230. The van der Waals surface area contributed by atoms with E-state index >= 15 is 0 Å². The van der Waals surface area contributed by atoms with Crippen molar-refractivity contribution in [1.82, 2.24) is 25.0 Å². The van der Waals surface area contributed by atoms with Gasteiger partial charge in [0.25, 0.3) is 0 Å². The van der Waals surface area contributed by atoms with Gasteiger partial charge in [-0.05, 0) is 94.6 Å². The fraction of sp³-hybridized carbons (Fsp3) is 0.447. The minimum atomic E-state index is -0.294. The van der Waals surface area contributed by atoms with Crippen LogP contribution in [0.5, 0.6) is 0 Å². The van der Waals surface area contributed by atoms with E-state index in [-0.39, 0.29) is 11.6 Å². The van der Waals surface area contributed by atoms with Gasteiger partial charge in [-0.3, -0.25) is 4.79 Å². The van der Waals surface area contributed by atoms with Crippen molar-refractivity contribution in [2.24, 2.45) is 0 Å². The number of aromatic nitrogens is 3. The van der Waals surface area contributed by atoms with Gasteiger partial charge in [0, 0.05) is 43.5 Å². The number of rotatable bonds is 13. The zero-order valence-electron chi connectivity index (χ0n) is 29.9. The van der Waals surface area contributed by atoms with Crippen molar-refractivity contribution in [2.45, 2.75) is 94.0 Å². The standard InChI is InChI=1S/C18H17F2N3.C11H21N.C4H9NO.C3H6.C2H6/c1-2-3-12-23-18(14-6-10-16(20)11-7-14)21-17(22-23)13-4-8-15(19)9-5-13;1-6-7-8-12(5)11(4)9-10(2)3;1-2-3-5-4-6;1-3-2;1-2/h4-11H,2-3,12H2,1H3;9H,2,6-8H2,1,3-5H3;4H,2-3H2,1H3,(H,5,6);3H,1H2,2H3;1-2H3/b;11-9+;;;. The van der Waals surface area contributed by atoms with Crippen molar-refractivity contribution in [3.8, 4) is 22.8 Å². The van der Waals surface area contributed by atoms with Gasteiger partial charge in [0.15, 0.2) is 11.6 Å². The summed E-state index contributed by atoms with van der Waals surface area (Å²) in [5.74, 6) is 0.656. The molecule has 3 rings (SSSR count). The highest BCUT2D eigenvalue weighted by Gasteiger charge is 2.13. The van der Waals surface area contributed by atoms with Crippen molar-refractivity contribution < 1.29 is 13.6 Å². The molecule has 0 fully saturated rings. The van der Waals surface area contributed by atoms with Crippen LogP contribution in [-0.2, 0) is 11.3 Å². The molecule has 0 aliphatic heterocycles. The lowest BCUT2D eigenvalue weighted by molar-refractivity contribution is -0.109. The summed E-state index contributed by atoms with van der Waals surface area (Å²) in [4.78, 5) is 16.3. The highest BCUT2D eigenvalue weighted by molar-refractivity contribution is 5.61. The number of allylic oxidation sites excluding steroid dienone is 4. The molecule has 1 N–H and O–H groups in total. The SMILES string of the molecule is C=C(C)/C=C(\C)N(C)CCCC.C=CC.CC.CCCCn1nc(-c2ccc(F)cc2)nc1-c1ccc(F)cc1.CCCNC=O. The Morgan fingerprint density at radius 1 is 0.913 bits per heavy atom. The number of nitrogens with zero attached hydrogens (tertiary/aromatic N) is 4. The van der Waals surface area contributed by atoms with Crippen LogP contribution in [0.2, 0.25) is 0 Å². The highest BCUT2D eigenvalue weighted by Crippen LogP contribution is 2.23. The Morgan fingerprint density at radius 3 is 1.83 bits per heavy atom. The monoisotopic (exact) mass is 639 g/mol. The molecule has 0 aliphatic carbocycles. The van der Waals surface area contributed by atoms with E-state index in [4.69, 9.17) is 0 Å². The third kappa shape index (κ3) is 20.1. The van der Waals surface area contributed by atoms with Crippen LogP contribution in [0.15, 0.2) is 85.1 Å². The van der Waals surface area contributed by atoms with E-state index in [0.717, 1.165) is 55.6 Å². The molecule has 6 nitrogen and oxygen atoms in total. The second-order valence-corrected chi connectivity index (χ2v) is 10.2. The van der Waals surface area contributed by atoms with Crippen LogP contribution in [0.1, 0.15) is 87.5 Å². The van der Waals surface area contributed by atoms with Gasteiger partial charge in [-0.25, -0.2) is 18.4 Å². The molecule has 3 aromatic rings. The first-order chi connectivity index (χ1) is 22.1. The lowest BCUT2D eigenvalue weighted by Gasteiger charge is -2.19. The van der Waals surface area contributed by atoms with E-state index < -0.39 is 0 Å². The predicted octanol–water partition coefficient (Wildman–Crippen LogP) is 10.2. The van der Waals surface area contributed by atoms with Crippen LogP contribution in [0.3, 0.4) is 0 Å². The van der Waals surface area contributed by atoms with Crippen molar-refractivity contribution in [3.05, 3.63) is 96.7 Å². The molecule has 0 radical (unpaired) electrons. The molecule has 0 spiro atoms. The molecule has 0 atom stereocenters. The molecular weight excluding hydrogens is 580 g/mol. The summed E-state index contributed by atoms with van der Waals surface area (Å²) in [5, 5.41) is 7.05. The molecule has 0 aliphatic rings. The minimum absolute atomic E-state index is 0.285. The molecule has 2 aromatic carbocycles. The Morgan fingerprint density at radius 2 is 1.41 bits per heavy atom. The molecule has 1 heterocycles. The molecular formula is C38H59F2N5O. The van der Waals surface area contributed by atoms with E-state index in [1.807, 2.05) is 39.3 Å². The van der Waals surface area contributed by atoms with Crippen molar-refractivity contribution in [2.75, 3.05) is 20.1 Å². The number of aryl methyl sites for hydroxylation is 1. The Balaban J connectivity index is 0. The quantitative estimate of drug-likeness (QED) is 0.0875. The van der Waals surface area contributed by atoms with Crippen molar-refractivity contribution in [1.29, 1.82) is 0 Å². The number of amides is 1. The average molecular weight is 640 g/mol. The van der Waals surface area contributed by atoms with Gasteiger partial charge >= 0.3 is 0 Å². The van der Waals surface area contributed by atoms with Crippen LogP contribution < -0.4 is 5.32 Å². The lowest BCUT2D eigenvalue weighted by Crippen LogP contribution is -2.17. The first-order valence-electron chi connectivity index (χ1n) is 16.3. The number of carbonyl (C=O) groups excluding carboxylic acids is 1. The summed E-state index contributed by atoms with van der Waals surface area (Å²) in [6.45, 7) is 26.3. The van der Waals surface area contributed by atoms with Gasteiger partial charge in [-0.15, -0.1) is 6.58 Å². The van der Waals surface area contributed by atoms with Gasteiger partial charge in [-0.1, -0.05) is 65.7 Å². The maximum atomic E-state index is 13.1. The molecule has 0 unspecified atom stereocenters. The highest BCUT2D eigenvalue weighted by atomic mass is 19.1. The van der Waals surface area contributed by atoms with Crippen LogP contribution in [-0.4, -0.2) is 46.2 Å². The van der Waals surface area contributed by atoms with Crippen LogP contribution in [0, 0.1) is 11.6 Å². The Hall–Kier alpha value is -4.07. The molecule has 1 aromatic heterocycles. The normalized spacial score (nSPS) is 9.85. The Labute approximate surface area is 278 Å². The molecule has 256 valence electrons. The summed E-state index contributed by atoms with van der Waals surface area (Å²) in [6, 6.07) is 12.3. The van der Waals surface area contributed by atoms with Crippen LogP contribution in [0.4, 0.5) is 8.78 Å². The topological polar surface area (TPSA) is 63.1 Å². The number of hydrogen-bond acceptors (Lipinski definition) is 4.